The molecule has 0 N–H and O–H groups in total. The van der Waals surface area contributed by atoms with Crippen molar-refractivity contribution in [1.29, 1.82) is 0 Å². The normalized spacial score (nSPS) is 16.5. The maximum absolute atomic E-state index is 13.3. The maximum atomic E-state index is 13.3. The minimum atomic E-state index is -0.580. The van der Waals surface area contributed by atoms with Gasteiger partial charge in [0, 0.05) is 11.0 Å². The monoisotopic (exact) mass is 426 g/mol. The summed E-state index contributed by atoms with van der Waals surface area (Å²) in [5.74, 6) is 0.867. The summed E-state index contributed by atoms with van der Waals surface area (Å²) >= 11 is 2.75. The molecule has 29 heavy (non-hydrogen) atoms. The molecule has 3 aromatic rings. The van der Waals surface area contributed by atoms with Crippen LogP contribution in [0.25, 0.3) is 6.08 Å². The van der Waals surface area contributed by atoms with Crippen molar-refractivity contribution < 1.29 is 13.9 Å². The Kier molecular flexibility index (Phi) is 5.21. The molecular weight excluding hydrogens is 408 g/mol. The number of carbonyl (C=O) groups is 1. The van der Waals surface area contributed by atoms with Gasteiger partial charge < -0.3 is 9.15 Å². The number of allylic oxidation sites excluding steroid dienone is 1. The molecule has 0 aliphatic carbocycles. The van der Waals surface area contributed by atoms with Crippen LogP contribution in [0, 0.1) is 6.92 Å². The minimum absolute atomic E-state index is 0.0923. The third kappa shape index (κ3) is 3.56. The number of hydrogen-bond donors (Lipinski definition) is 0. The highest BCUT2D eigenvalue weighted by Gasteiger charge is 2.33. The minimum Gasteiger partial charge on any atom is -0.462 e. The number of esters is 1. The van der Waals surface area contributed by atoms with Gasteiger partial charge in [0.1, 0.15) is 24.2 Å². The molecular formula is C21H18N2O4S2. The van der Waals surface area contributed by atoms with Crippen LogP contribution in [0.3, 0.4) is 0 Å². The maximum Gasteiger partial charge on any atom is 0.338 e. The number of aromatic nitrogens is 1. The molecule has 3 aromatic heterocycles. The molecule has 148 valence electrons. The van der Waals surface area contributed by atoms with E-state index in [0.29, 0.717) is 26.4 Å². The Bertz CT molecular complexity index is 1290. The van der Waals surface area contributed by atoms with Crippen LogP contribution in [0.2, 0.25) is 0 Å². The zero-order chi connectivity index (χ0) is 20.5. The van der Waals surface area contributed by atoms with E-state index in [1.165, 1.54) is 28.7 Å². The molecule has 0 aromatic carbocycles. The van der Waals surface area contributed by atoms with Crippen LogP contribution in [0.5, 0.6) is 0 Å². The first-order valence-corrected chi connectivity index (χ1v) is 10.6. The predicted molar refractivity (Wildman–Crippen MR) is 113 cm³/mol. The van der Waals surface area contributed by atoms with Crippen molar-refractivity contribution in [2.24, 2.45) is 4.99 Å². The molecule has 0 bridgehead atoms. The van der Waals surface area contributed by atoms with Gasteiger partial charge in [-0.2, -0.15) is 0 Å². The number of furan rings is 1. The average molecular weight is 427 g/mol. The molecule has 1 aliphatic rings. The van der Waals surface area contributed by atoms with E-state index < -0.39 is 12.0 Å². The topological polar surface area (TPSA) is 73.8 Å². The molecule has 0 amide bonds. The van der Waals surface area contributed by atoms with Gasteiger partial charge in [0.15, 0.2) is 4.80 Å². The Morgan fingerprint density at radius 2 is 2.21 bits per heavy atom. The van der Waals surface area contributed by atoms with Crippen molar-refractivity contribution >= 4 is 34.7 Å². The zero-order valence-electron chi connectivity index (χ0n) is 15.9. The first kappa shape index (κ1) is 19.4. The molecule has 4 heterocycles. The van der Waals surface area contributed by atoms with Crippen molar-refractivity contribution in [1.82, 2.24) is 4.57 Å². The molecule has 0 radical (unpaired) electrons. The first-order chi connectivity index (χ1) is 14.0. The van der Waals surface area contributed by atoms with E-state index in [0.717, 1.165) is 10.6 Å². The van der Waals surface area contributed by atoms with Crippen LogP contribution >= 0.6 is 22.7 Å². The van der Waals surface area contributed by atoms with Gasteiger partial charge in [-0.05, 0) is 37.4 Å². The number of nitrogens with zero attached hydrogens (tertiary/aromatic N) is 2. The number of ether oxygens (including phenoxy) is 1. The van der Waals surface area contributed by atoms with Gasteiger partial charge in [-0.25, -0.2) is 9.79 Å². The second-order valence-electron chi connectivity index (χ2n) is 6.43. The highest BCUT2D eigenvalue weighted by atomic mass is 32.1. The van der Waals surface area contributed by atoms with E-state index in [1.807, 2.05) is 36.6 Å². The third-order valence-electron chi connectivity index (χ3n) is 4.42. The predicted octanol–water partition coefficient (Wildman–Crippen LogP) is 2.93. The molecule has 0 spiro atoms. The fourth-order valence-corrected chi connectivity index (χ4v) is 5.02. The molecule has 4 rings (SSSR count). The standard InChI is InChI=1S/C21H18N2O4S2/c1-4-9-26-20(25)17-13(3)22-21-23(18(17)15-6-5-10-28-15)19(24)16(29-21)11-14-8-7-12(2)27-14/h4-8,10-11,18H,1,9H2,2-3H3/b16-11+. The van der Waals surface area contributed by atoms with Crippen LogP contribution in [-0.2, 0) is 9.53 Å². The lowest BCUT2D eigenvalue weighted by Gasteiger charge is -2.23. The molecule has 0 fully saturated rings. The highest BCUT2D eigenvalue weighted by Crippen LogP contribution is 2.33. The lowest BCUT2D eigenvalue weighted by atomic mass is 10.0. The summed E-state index contributed by atoms with van der Waals surface area (Å²) in [5.41, 5.74) is 0.684. The smallest absolute Gasteiger partial charge is 0.338 e. The molecule has 1 atom stereocenters. The Morgan fingerprint density at radius 1 is 1.38 bits per heavy atom. The van der Waals surface area contributed by atoms with Crippen molar-refractivity contribution in [3.63, 3.8) is 0 Å². The molecule has 1 unspecified atom stereocenters. The molecule has 1 aliphatic heterocycles. The lowest BCUT2D eigenvalue weighted by molar-refractivity contribution is -0.138. The first-order valence-electron chi connectivity index (χ1n) is 8.90. The second-order valence-corrected chi connectivity index (χ2v) is 8.42. The van der Waals surface area contributed by atoms with Crippen LogP contribution in [0.4, 0.5) is 0 Å². The summed E-state index contributed by atoms with van der Waals surface area (Å²) in [5, 5.41) is 1.92. The SMILES string of the molecule is C=CCOC(=O)C1=C(C)N=c2s/c(=C/c3ccc(C)o3)c(=O)n2C1c1cccs1. The van der Waals surface area contributed by atoms with Gasteiger partial charge in [-0.15, -0.1) is 11.3 Å². The van der Waals surface area contributed by atoms with Gasteiger partial charge in [-0.1, -0.05) is 30.1 Å². The van der Waals surface area contributed by atoms with Gasteiger partial charge in [-0.3, -0.25) is 9.36 Å². The van der Waals surface area contributed by atoms with Crippen molar-refractivity contribution in [2.75, 3.05) is 6.61 Å². The van der Waals surface area contributed by atoms with Gasteiger partial charge in [0.25, 0.3) is 5.56 Å². The van der Waals surface area contributed by atoms with E-state index in [4.69, 9.17) is 9.15 Å². The highest BCUT2D eigenvalue weighted by molar-refractivity contribution is 7.10. The van der Waals surface area contributed by atoms with Crippen molar-refractivity contribution in [3.8, 4) is 0 Å². The Balaban J connectivity index is 1.91. The summed E-state index contributed by atoms with van der Waals surface area (Å²) in [6.07, 6.45) is 3.21. The van der Waals surface area contributed by atoms with E-state index >= 15 is 0 Å². The van der Waals surface area contributed by atoms with E-state index in [-0.39, 0.29) is 12.2 Å². The second kappa shape index (κ2) is 7.81. The fraction of sp³-hybridized carbons (Fsp3) is 0.190. The number of hydrogen-bond acceptors (Lipinski definition) is 7. The van der Waals surface area contributed by atoms with Crippen LogP contribution in [0.15, 0.2) is 67.8 Å². The average Bonchev–Trinajstić information content (AvgIpc) is 3.41. The molecule has 0 saturated carbocycles. The van der Waals surface area contributed by atoms with Gasteiger partial charge in [0.05, 0.1) is 15.8 Å². The number of aryl methyl sites for hydroxylation is 1. The van der Waals surface area contributed by atoms with E-state index in [1.54, 1.807) is 17.6 Å². The number of thiophene rings is 1. The Hall–Kier alpha value is -2.97. The number of carbonyl (C=O) groups excluding carboxylic acids is 1. The summed E-state index contributed by atoms with van der Waals surface area (Å²) in [4.78, 5) is 32.0. The summed E-state index contributed by atoms with van der Waals surface area (Å²) in [7, 11) is 0. The zero-order valence-corrected chi connectivity index (χ0v) is 17.5. The van der Waals surface area contributed by atoms with Crippen LogP contribution in [-0.4, -0.2) is 17.1 Å². The van der Waals surface area contributed by atoms with Crippen molar-refractivity contribution in [2.45, 2.75) is 19.9 Å². The third-order valence-corrected chi connectivity index (χ3v) is 6.33. The van der Waals surface area contributed by atoms with Crippen molar-refractivity contribution in [3.05, 3.63) is 89.7 Å². The molecule has 0 saturated heterocycles. The van der Waals surface area contributed by atoms with Gasteiger partial charge >= 0.3 is 5.97 Å². The summed E-state index contributed by atoms with van der Waals surface area (Å²) in [6.45, 7) is 7.28. The van der Waals surface area contributed by atoms with Crippen LogP contribution < -0.4 is 14.9 Å². The Labute approximate surface area is 174 Å². The number of thiazole rings is 1. The fourth-order valence-electron chi connectivity index (χ4n) is 3.17. The lowest BCUT2D eigenvalue weighted by Crippen LogP contribution is -2.39. The van der Waals surface area contributed by atoms with E-state index in [2.05, 4.69) is 11.6 Å². The number of rotatable bonds is 5. The number of fused-ring (bicyclic) bond motifs is 1. The molecule has 6 nitrogen and oxygen atoms in total. The van der Waals surface area contributed by atoms with E-state index in [9.17, 15) is 9.59 Å². The summed E-state index contributed by atoms with van der Waals surface area (Å²) in [6, 6.07) is 6.87. The Morgan fingerprint density at radius 3 is 2.86 bits per heavy atom. The molecule has 8 heteroatoms. The van der Waals surface area contributed by atoms with Gasteiger partial charge in [0.2, 0.25) is 0 Å². The summed E-state index contributed by atoms with van der Waals surface area (Å²) < 4.78 is 12.9. The van der Waals surface area contributed by atoms with Crippen LogP contribution in [0.1, 0.15) is 29.4 Å². The largest absolute Gasteiger partial charge is 0.462 e. The quantitative estimate of drug-likeness (QED) is 0.464.